The van der Waals surface area contributed by atoms with Gasteiger partial charge >= 0.3 is 17.8 Å². The molecule has 1 aromatic heterocycles. The lowest BCUT2D eigenvalue weighted by Crippen LogP contribution is -2.37. The van der Waals surface area contributed by atoms with E-state index in [9.17, 15) is 14.4 Å². The lowest BCUT2D eigenvalue weighted by molar-refractivity contribution is -0.143. The molecule has 0 spiro atoms. The van der Waals surface area contributed by atoms with Gasteiger partial charge in [0.25, 0.3) is 0 Å². The molecule has 3 aromatic rings. The number of halogens is 1. The predicted octanol–water partition coefficient (Wildman–Crippen LogP) is 4.01. The van der Waals surface area contributed by atoms with Crippen LogP contribution < -0.4 is 10.4 Å². The third kappa shape index (κ3) is 4.44. The Morgan fingerprint density at radius 3 is 2.19 bits per heavy atom. The van der Waals surface area contributed by atoms with E-state index in [1.165, 1.54) is 30.9 Å². The van der Waals surface area contributed by atoms with Crippen LogP contribution in [0.5, 0.6) is 5.75 Å². The van der Waals surface area contributed by atoms with Crippen LogP contribution in [-0.2, 0) is 14.3 Å². The van der Waals surface area contributed by atoms with Crippen molar-refractivity contribution >= 4 is 34.7 Å². The Balaban J connectivity index is 2.31. The molecule has 1 heterocycles. The van der Waals surface area contributed by atoms with Crippen LogP contribution >= 0.6 is 11.6 Å². The van der Waals surface area contributed by atoms with Crippen LogP contribution in [0.3, 0.4) is 0 Å². The highest BCUT2D eigenvalue weighted by atomic mass is 35.5. The maximum absolute atomic E-state index is 13.4. The summed E-state index contributed by atoms with van der Waals surface area (Å²) in [5.74, 6) is -0.102. The molecule has 0 bridgehead atoms. The SMILES string of the molecule is COC(=O)C(c1ccc(OC)cc1)n1c(=O)n(C(=O)OC(C)(C)C)c2ccc(Cl)cc21. The molecule has 8 nitrogen and oxygen atoms in total. The van der Waals surface area contributed by atoms with Gasteiger partial charge in [-0.25, -0.2) is 14.4 Å². The second-order valence-electron chi connectivity index (χ2n) is 7.80. The van der Waals surface area contributed by atoms with Gasteiger partial charge in [0.2, 0.25) is 0 Å². The van der Waals surface area contributed by atoms with Crippen LogP contribution in [0.2, 0.25) is 5.02 Å². The number of nitrogens with zero attached hydrogens (tertiary/aromatic N) is 2. The number of hydrogen-bond acceptors (Lipinski definition) is 6. The number of aromatic nitrogens is 2. The minimum Gasteiger partial charge on any atom is -0.497 e. The first kappa shape index (κ1) is 22.4. The summed E-state index contributed by atoms with van der Waals surface area (Å²) in [5, 5.41) is 0.334. The van der Waals surface area contributed by atoms with Crippen molar-refractivity contribution in [3.8, 4) is 5.75 Å². The Kier molecular flexibility index (Phi) is 6.13. The Morgan fingerprint density at radius 2 is 1.65 bits per heavy atom. The first-order valence-electron chi connectivity index (χ1n) is 9.45. The second-order valence-corrected chi connectivity index (χ2v) is 8.24. The monoisotopic (exact) mass is 446 g/mol. The highest BCUT2D eigenvalue weighted by molar-refractivity contribution is 6.31. The third-order valence-electron chi connectivity index (χ3n) is 4.53. The zero-order valence-electron chi connectivity index (χ0n) is 17.8. The molecular formula is C22H23ClN2O6. The van der Waals surface area contributed by atoms with Crippen LogP contribution in [0.4, 0.5) is 4.79 Å². The molecule has 0 aliphatic carbocycles. The Labute approximate surface area is 183 Å². The van der Waals surface area contributed by atoms with Crippen molar-refractivity contribution in [1.82, 2.24) is 9.13 Å². The molecule has 0 amide bonds. The Bertz CT molecular complexity index is 1190. The van der Waals surface area contributed by atoms with Crippen molar-refractivity contribution in [2.75, 3.05) is 14.2 Å². The summed E-state index contributed by atoms with van der Waals surface area (Å²) in [6.45, 7) is 5.09. The predicted molar refractivity (Wildman–Crippen MR) is 116 cm³/mol. The topological polar surface area (TPSA) is 88.8 Å². The van der Waals surface area contributed by atoms with Crippen LogP contribution in [-0.4, -0.2) is 41.0 Å². The molecule has 0 aliphatic rings. The number of imidazole rings is 1. The van der Waals surface area contributed by atoms with Gasteiger partial charge in [0.15, 0.2) is 6.04 Å². The smallest absolute Gasteiger partial charge is 0.423 e. The van der Waals surface area contributed by atoms with Gasteiger partial charge in [-0.2, -0.15) is 4.57 Å². The van der Waals surface area contributed by atoms with Gasteiger partial charge in [-0.3, -0.25) is 4.57 Å². The zero-order chi connectivity index (χ0) is 22.9. The van der Waals surface area contributed by atoms with Crippen molar-refractivity contribution in [3.05, 3.63) is 63.5 Å². The van der Waals surface area contributed by atoms with Gasteiger partial charge in [0.05, 0.1) is 25.3 Å². The van der Waals surface area contributed by atoms with E-state index in [0.29, 0.717) is 16.3 Å². The van der Waals surface area contributed by atoms with Gasteiger partial charge in [-0.15, -0.1) is 0 Å². The molecule has 0 saturated heterocycles. The fourth-order valence-corrected chi connectivity index (χ4v) is 3.38. The number of esters is 1. The number of benzene rings is 2. The molecule has 3 rings (SSSR count). The Morgan fingerprint density at radius 1 is 1.00 bits per heavy atom. The summed E-state index contributed by atoms with van der Waals surface area (Å²) in [5.41, 5.74) is -0.564. The van der Waals surface area contributed by atoms with Crippen LogP contribution in [0.1, 0.15) is 32.4 Å². The minimum absolute atomic E-state index is 0.256. The maximum Gasteiger partial charge on any atom is 0.423 e. The fourth-order valence-electron chi connectivity index (χ4n) is 3.21. The molecule has 2 aromatic carbocycles. The normalized spacial score (nSPS) is 12.5. The molecule has 31 heavy (non-hydrogen) atoms. The van der Waals surface area contributed by atoms with Crippen LogP contribution in [0.15, 0.2) is 47.3 Å². The molecule has 0 saturated carbocycles. The van der Waals surface area contributed by atoms with Crippen LogP contribution in [0, 0.1) is 0 Å². The number of hydrogen-bond donors (Lipinski definition) is 0. The van der Waals surface area contributed by atoms with E-state index in [4.69, 9.17) is 25.8 Å². The zero-order valence-corrected chi connectivity index (χ0v) is 18.6. The van der Waals surface area contributed by atoms with Gasteiger partial charge in [-0.1, -0.05) is 23.7 Å². The molecular weight excluding hydrogens is 424 g/mol. The number of rotatable bonds is 4. The minimum atomic E-state index is -1.16. The van der Waals surface area contributed by atoms with Crippen molar-refractivity contribution in [1.29, 1.82) is 0 Å². The van der Waals surface area contributed by atoms with Crippen molar-refractivity contribution in [3.63, 3.8) is 0 Å². The van der Waals surface area contributed by atoms with E-state index in [1.54, 1.807) is 51.1 Å². The molecule has 9 heteroatoms. The van der Waals surface area contributed by atoms with Gasteiger partial charge in [0, 0.05) is 5.02 Å². The van der Waals surface area contributed by atoms with E-state index in [1.807, 2.05) is 0 Å². The van der Waals surface area contributed by atoms with Crippen LogP contribution in [0.25, 0.3) is 11.0 Å². The van der Waals surface area contributed by atoms with E-state index < -0.39 is 29.4 Å². The second kappa shape index (κ2) is 8.47. The molecule has 1 unspecified atom stereocenters. The summed E-state index contributed by atoms with van der Waals surface area (Å²) < 4.78 is 17.6. The van der Waals surface area contributed by atoms with Crippen molar-refractivity contribution in [2.45, 2.75) is 32.4 Å². The molecule has 1 atom stereocenters. The quantitative estimate of drug-likeness (QED) is 0.562. The fraction of sp³-hybridized carbons (Fsp3) is 0.318. The molecule has 0 fully saturated rings. The summed E-state index contributed by atoms with van der Waals surface area (Å²) in [6.07, 6.45) is -0.859. The van der Waals surface area contributed by atoms with Gasteiger partial charge in [0.1, 0.15) is 11.4 Å². The number of ether oxygens (including phenoxy) is 3. The Hall–Kier alpha value is -3.26. The summed E-state index contributed by atoms with van der Waals surface area (Å²) >= 11 is 6.17. The number of carbonyl (C=O) groups excluding carboxylic acids is 2. The molecule has 0 aliphatic heterocycles. The summed E-state index contributed by atoms with van der Waals surface area (Å²) in [6, 6.07) is 10.1. The largest absolute Gasteiger partial charge is 0.497 e. The number of methoxy groups -OCH3 is 2. The van der Waals surface area contributed by atoms with Crippen molar-refractivity contribution < 1.29 is 23.8 Å². The van der Waals surface area contributed by atoms with Gasteiger partial charge < -0.3 is 14.2 Å². The molecule has 164 valence electrons. The van der Waals surface area contributed by atoms with Gasteiger partial charge in [-0.05, 0) is 56.7 Å². The highest BCUT2D eigenvalue weighted by Gasteiger charge is 2.32. The average molecular weight is 447 g/mol. The average Bonchev–Trinajstić information content (AvgIpc) is 2.98. The maximum atomic E-state index is 13.4. The molecule has 0 N–H and O–H groups in total. The van der Waals surface area contributed by atoms with E-state index in [-0.39, 0.29) is 11.0 Å². The molecule has 0 radical (unpaired) electrons. The van der Waals surface area contributed by atoms with Crippen molar-refractivity contribution in [2.24, 2.45) is 0 Å². The number of carbonyl (C=O) groups is 2. The lowest BCUT2D eigenvalue weighted by atomic mass is 10.1. The first-order chi connectivity index (χ1) is 14.6. The summed E-state index contributed by atoms with van der Waals surface area (Å²) in [7, 11) is 2.75. The number of fused-ring (bicyclic) bond motifs is 1. The summed E-state index contributed by atoms with van der Waals surface area (Å²) in [4.78, 5) is 39.1. The first-order valence-corrected chi connectivity index (χ1v) is 9.83. The highest BCUT2D eigenvalue weighted by Crippen LogP contribution is 2.28. The van der Waals surface area contributed by atoms with E-state index >= 15 is 0 Å². The third-order valence-corrected chi connectivity index (χ3v) is 4.76. The standard InChI is InChI=1S/C22H23ClN2O6/c1-22(2,3)31-21(28)25-16-11-8-14(23)12-17(16)24(20(25)27)18(19(26)30-5)13-6-9-15(29-4)10-7-13/h6-12,18H,1-5H3. The van der Waals surface area contributed by atoms with E-state index in [2.05, 4.69) is 0 Å². The lowest BCUT2D eigenvalue weighted by Gasteiger charge is -2.19. The van der Waals surface area contributed by atoms with E-state index in [0.717, 1.165) is 4.57 Å².